The molecular weight excluding hydrogens is 398 g/mol. The first-order valence-electron chi connectivity index (χ1n) is 10.1. The lowest BCUT2D eigenvalue weighted by Gasteiger charge is -2.16. The summed E-state index contributed by atoms with van der Waals surface area (Å²) in [5.74, 6) is 0.326. The SMILES string of the molecule is CCCOc1ccc(C(=O)CCC(=O)NNC(=S)Nc2c(C)cccc2CC)cc1. The van der Waals surface area contributed by atoms with Crippen molar-refractivity contribution in [2.75, 3.05) is 11.9 Å². The number of hydrogen-bond acceptors (Lipinski definition) is 4. The topological polar surface area (TPSA) is 79.5 Å². The molecule has 0 fully saturated rings. The van der Waals surface area contributed by atoms with Gasteiger partial charge >= 0.3 is 0 Å². The normalized spacial score (nSPS) is 10.2. The van der Waals surface area contributed by atoms with Crippen molar-refractivity contribution in [2.24, 2.45) is 0 Å². The van der Waals surface area contributed by atoms with Gasteiger partial charge in [0.1, 0.15) is 5.75 Å². The number of nitrogens with one attached hydrogen (secondary N) is 3. The van der Waals surface area contributed by atoms with Crippen LogP contribution < -0.4 is 20.9 Å². The van der Waals surface area contributed by atoms with Gasteiger partial charge in [0.05, 0.1) is 6.61 Å². The molecule has 0 aliphatic rings. The number of carbonyl (C=O) groups excluding carboxylic acids is 2. The van der Waals surface area contributed by atoms with Crippen LogP contribution in [0.3, 0.4) is 0 Å². The molecule has 6 nitrogen and oxygen atoms in total. The lowest BCUT2D eigenvalue weighted by molar-refractivity contribution is -0.121. The molecule has 0 saturated heterocycles. The first-order chi connectivity index (χ1) is 14.4. The average molecular weight is 428 g/mol. The van der Waals surface area contributed by atoms with Crippen molar-refractivity contribution >= 4 is 34.7 Å². The minimum Gasteiger partial charge on any atom is -0.494 e. The predicted octanol–water partition coefficient (Wildman–Crippen LogP) is 4.33. The van der Waals surface area contributed by atoms with E-state index in [2.05, 4.69) is 23.1 Å². The number of rotatable bonds is 9. The number of ether oxygens (including phenoxy) is 1. The number of carbonyl (C=O) groups is 2. The van der Waals surface area contributed by atoms with Crippen molar-refractivity contribution in [3.05, 3.63) is 59.2 Å². The fourth-order valence-electron chi connectivity index (χ4n) is 2.86. The molecule has 1 amide bonds. The summed E-state index contributed by atoms with van der Waals surface area (Å²) in [6.45, 7) is 6.74. The number of hydrazine groups is 1. The largest absolute Gasteiger partial charge is 0.494 e. The van der Waals surface area contributed by atoms with Gasteiger partial charge in [0.15, 0.2) is 10.9 Å². The third-order valence-corrected chi connectivity index (χ3v) is 4.73. The van der Waals surface area contributed by atoms with E-state index in [4.69, 9.17) is 17.0 Å². The van der Waals surface area contributed by atoms with Crippen molar-refractivity contribution in [1.29, 1.82) is 0 Å². The van der Waals surface area contributed by atoms with Crippen molar-refractivity contribution in [3.63, 3.8) is 0 Å². The molecular formula is C23H29N3O3S. The van der Waals surface area contributed by atoms with Gasteiger partial charge in [-0.25, -0.2) is 0 Å². The molecule has 2 aromatic carbocycles. The third-order valence-electron chi connectivity index (χ3n) is 4.52. The van der Waals surface area contributed by atoms with Crippen LogP contribution in [-0.2, 0) is 11.2 Å². The zero-order valence-electron chi connectivity index (χ0n) is 17.7. The van der Waals surface area contributed by atoms with E-state index in [-0.39, 0.29) is 24.5 Å². The van der Waals surface area contributed by atoms with Gasteiger partial charge in [-0.2, -0.15) is 0 Å². The Morgan fingerprint density at radius 2 is 1.73 bits per heavy atom. The summed E-state index contributed by atoms with van der Waals surface area (Å²) in [6.07, 6.45) is 1.97. The Morgan fingerprint density at radius 3 is 2.40 bits per heavy atom. The molecule has 30 heavy (non-hydrogen) atoms. The fourth-order valence-corrected chi connectivity index (χ4v) is 3.02. The van der Waals surface area contributed by atoms with Crippen LogP contribution in [-0.4, -0.2) is 23.4 Å². The summed E-state index contributed by atoms with van der Waals surface area (Å²) >= 11 is 5.26. The predicted molar refractivity (Wildman–Crippen MR) is 124 cm³/mol. The summed E-state index contributed by atoms with van der Waals surface area (Å²) in [5.41, 5.74) is 8.94. The second-order valence-electron chi connectivity index (χ2n) is 6.89. The summed E-state index contributed by atoms with van der Waals surface area (Å²) < 4.78 is 5.51. The number of hydrogen-bond donors (Lipinski definition) is 3. The molecule has 0 aliphatic heterocycles. The molecule has 0 aromatic heterocycles. The molecule has 0 saturated carbocycles. The van der Waals surface area contributed by atoms with E-state index in [1.54, 1.807) is 24.3 Å². The maximum Gasteiger partial charge on any atom is 0.238 e. The minimum atomic E-state index is -0.309. The Labute approximate surface area is 183 Å². The molecule has 7 heteroatoms. The summed E-state index contributed by atoms with van der Waals surface area (Å²) in [4.78, 5) is 24.3. The highest BCUT2D eigenvalue weighted by Crippen LogP contribution is 2.20. The Morgan fingerprint density at radius 1 is 1.00 bits per heavy atom. The Balaban J connectivity index is 1.77. The highest BCUT2D eigenvalue weighted by molar-refractivity contribution is 7.80. The molecule has 0 bridgehead atoms. The van der Waals surface area contributed by atoms with Gasteiger partial charge in [-0.15, -0.1) is 0 Å². The molecule has 0 radical (unpaired) electrons. The smallest absolute Gasteiger partial charge is 0.238 e. The first kappa shape index (κ1) is 23.3. The van der Waals surface area contributed by atoms with Gasteiger partial charge < -0.3 is 10.1 Å². The highest BCUT2D eigenvalue weighted by atomic mass is 32.1. The van der Waals surface area contributed by atoms with Crippen LogP contribution in [0.2, 0.25) is 0 Å². The van der Waals surface area contributed by atoms with E-state index in [0.29, 0.717) is 17.3 Å². The van der Waals surface area contributed by atoms with Crippen LogP contribution in [0.1, 0.15) is 54.6 Å². The van der Waals surface area contributed by atoms with Crippen LogP contribution in [0.25, 0.3) is 0 Å². The molecule has 160 valence electrons. The van der Waals surface area contributed by atoms with Crippen LogP contribution in [0.15, 0.2) is 42.5 Å². The molecule has 2 aromatic rings. The number of Topliss-reactive ketones (excluding diaryl/α,β-unsaturated/α-hetero) is 1. The number of benzene rings is 2. The quantitative estimate of drug-likeness (QED) is 0.314. The number of anilines is 1. The van der Waals surface area contributed by atoms with Gasteiger partial charge in [-0.1, -0.05) is 32.0 Å². The van der Waals surface area contributed by atoms with Crippen molar-refractivity contribution in [1.82, 2.24) is 10.9 Å². The van der Waals surface area contributed by atoms with E-state index in [1.165, 1.54) is 0 Å². The summed E-state index contributed by atoms with van der Waals surface area (Å²) in [6, 6.07) is 13.0. The maximum atomic E-state index is 12.3. The summed E-state index contributed by atoms with van der Waals surface area (Å²) in [5, 5.41) is 3.42. The Bertz CT molecular complexity index is 882. The van der Waals surface area contributed by atoms with Crippen LogP contribution in [0.5, 0.6) is 5.75 Å². The van der Waals surface area contributed by atoms with Crippen molar-refractivity contribution < 1.29 is 14.3 Å². The van der Waals surface area contributed by atoms with Gasteiger partial charge in [0, 0.05) is 24.1 Å². The standard InChI is InChI=1S/C23H29N3O3S/c1-4-15-29-19-11-9-18(10-12-19)20(27)13-14-21(28)25-26-23(30)24-22-16(3)7-6-8-17(22)5-2/h6-12H,4-5,13-15H2,1-3H3,(H,25,28)(H2,24,26,30). The van der Waals surface area contributed by atoms with Crippen molar-refractivity contribution in [3.8, 4) is 5.75 Å². The number of ketones is 1. The second kappa shape index (κ2) is 11.9. The van der Waals surface area contributed by atoms with E-state index < -0.39 is 0 Å². The number of aryl methyl sites for hydroxylation is 2. The Kier molecular flexibility index (Phi) is 9.28. The lowest BCUT2D eigenvalue weighted by atomic mass is 10.1. The molecule has 0 unspecified atom stereocenters. The van der Waals surface area contributed by atoms with Gasteiger partial charge in [-0.05, 0) is 67.4 Å². The third kappa shape index (κ3) is 7.15. The molecule has 0 aliphatic carbocycles. The van der Waals surface area contributed by atoms with Gasteiger partial charge in [0.2, 0.25) is 5.91 Å². The van der Waals surface area contributed by atoms with Crippen LogP contribution in [0.4, 0.5) is 5.69 Å². The van der Waals surface area contributed by atoms with Crippen LogP contribution >= 0.6 is 12.2 Å². The average Bonchev–Trinajstić information content (AvgIpc) is 2.76. The fraction of sp³-hybridized carbons (Fsp3) is 0.348. The second-order valence-corrected chi connectivity index (χ2v) is 7.29. The lowest BCUT2D eigenvalue weighted by Crippen LogP contribution is -2.44. The van der Waals surface area contributed by atoms with Gasteiger partial charge in [0.25, 0.3) is 0 Å². The maximum absolute atomic E-state index is 12.3. The number of amides is 1. The van der Waals surface area contributed by atoms with E-state index >= 15 is 0 Å². The molecule has 0 spiro atoms. The van der Waals surface area contributed by atoms with Crippen molar-refractivity contribution in [2.45, 2.75) is 46.5 Å². The minimum absolute atomic E-state index is 0.0626. The van der Waals surface area contributed by atoms with E-state index in [9.17, 15) is 9.59 Å². The zero-order valence-corrected chi connectivity index (χ0v) is 18.5. The molecule has 0 heterocycles. The number of para-hydroxylation sites is 1. The summed E-state index contributed by atoms with van der Waals surface area (Å²) in [7, 11) is 0. The highest BCUT2D eigenvalue weighted by Gasteiger charge is 2.11. The monoisotopic (exact) mass is 427 g/mol. The van der Waals surface area contributed by atoms with Gasteiger partial charge in [-0.3, -0.25) is 20.4 Å². The zero-order chi connectivity index (χ0) is 21.9. The van der Waals surface area contributed by atoms with Crippen LogP contribution in [0, 0.1) is 6.92 Å². The molecule has 2 rings (SSSR count). The molecule has 3 N–H and O–H groups in total. The number of thiocarbonyl (C=S) groups is 1. The Hall–Kier alpha value is -2.93. The van der Waals surface area contributed by atoms with E-state index in [1.807, 2.05) is 32.0 Å². The van der Waals surface area contributed by atoms with E-state index in [0.717, 1.165) is 35.4 Å². The first-order valence-corrected chi connectivity index (χ1v) is 10.6. The molecule has 0 atom stereocenters.